The average Bonchev–Trinajstić information content (AvgIpc) is 2.96. The summed E-state index contributed by atoms with van der Waals surface area (Å²) in [5.41, 5.74) is 0.642. The summed E-state index contributed by atoms with van der Waals surface area (Å²) in [4.78, 5) is 13.5. The molecule has 0 aliphatic rings. The van der Waals surface area contributed by atoms with Crippen LogP contribution in [0, 0.1) is 0 Å². The van der Waals surface area contributed by atoms with Gasteiger partial charge in [-0.15, -0.1) is 0 Å². The number of ether oxygens (including phenoxy) is 1. The number of hydrogen-bond acceptors (Lipinski definition) is 2. The maximum absolute atomic E-state index is 12.2. The number of esters is 1. The van der Waals surface area contributed by atoms with E-state index in [0.29, 0.717) is 5.56 Å². The third-order valence-electron chi connectivity index (χ3n) is 4.01. The molecule has 0 N–H and O–H groups in total. The predicted octanol–water partition coefficient (Wildman–Crippen LogP) is 5.52. The lowest BCUT2D eigenvalue weighted by molar-refractivity contribution is 0.0603. The van der Waals surface area contributed by atoms with Crippen molar-refractivity contribution in [2.24, 2.45) is 0 Å². The van der Waals surface area contributed by atoms with Crippen molar-refractivity contribution in [3.63, 3.8) is 0 Å². The molecule has 0 saturated carbocycles. The van der Waals surface area contributed by atoms with Crippen LogP contribution in [0.1, 0.15) is 10.4 Å². The van der Waals surface area contributed by atoms with Gasteiger partial charge in [-0.25, -0.2) is 4.79 Å². The lowest BCUT2D eigenvalue weighted by Crippen LogP contribution is -2.01. The number of benzene rings is 3. The van der Waals surface area contributed by atoms with Crippen LogP contribution < -0.4 is 0 Å². The molecule has 0 radical (unpaired) electrons. The van der Waals surface area contributed by atoms with Gasteiger partial charge >= 0.3 is 5.97 Å². The smallest absolute Gasteiger partial charge is 0.338 e. The Morgan fingerprint density at radius 3 is 2.30 bits per heavy atom. The summed E-state index contributed by atoms with van der Waals surface area (Å²) in [5.74, 6) is -0.282. The molecule has 4 aromatic rings. The normalized spacial score (nSPS) is 11.8. The van der Waals surface area contributed by atoms with Crippen molar-refractivity contribution in [1.29, 1.82) is 0 Å². The van der Waals surface area contributed by atoms with Crippen LogP contribution in [0.25, 0.3) is 25.1 Å². The Bertz CT molecular complexity index is 1020. The van der Waals surface area contributed by atoms with Gasteiger partial charge in [0.05, 0.1) is 18.1 Å². The Balaban J connectivity index is 2.20. The molecule has 1 unspecified atom stereocenters. The van der Waals surface area contributed by atoms with Crippen LogP contribution in [0.4, 0.5) is 0 Å². The molecule has 0 saturated heterocycles. The number of carbonyl (C=O) groups excluding carboxylic acids is 1. The Morgan fingerprint density at radius 2 is 1.52 bits per heavy atom. The number of rotatable bonds is 2. The first-order valence-corrected chi connectivity index (χ1v) is 8.64. The molecule has 23 heavy (non-hydrogen) atoms. The van der Waals surface area contributed by atoms with Crippen molar-refractivity contribution < 1.29 is 9.53 Å². The Morgan fingerprint density at radius 1 is 0.826 bits per heavy atom. The standard InChI is InChI=1S/C20H15O2S/c1-22-20(21)16-11-7-13-18-19(16)15-10-5-6-12-17(15)23(18)14-8-3-2-4-9-14/h2-13H,1H3/q+1. The van der Waals surface area contributed by atoms with Crippen molar-refractivity contribution in [2.45, 2.75) is 0 Å². The fraction of sp³-hybridized carbons (Fsp3) is 0.0500. The van der Waals surface area contributed by atoms with Crippen molar-refractivity contribution in [1.82, 2.24) is 0 Å². The third kappa shape index (κ3) is 2.13. The predicted molar refractivity (Wildman–Crippen MR) is 96.6 cm³/mol. The van der Waals surface area contributed by atoms with Gasteiger partial charge < -0.3 is 4.74 Å². The quantitative estimate of drug-likeness (QED) is 0.359. The van der Waals surface area contributed by atoms with E-state index in [0.717, 1.165) is 10.8 Å². The third-order valence-corrected chi connectivity index (χ3v) is 6.33. The zero-order valence-corrected chi connectivity index (χ0v) is 13.5. The van der Waals surface area contributed by atoms with Gasteiger partial charge in [0.15, 0.2) is 14.3 Å². The topological polar surface area (TPSA) is 26.3 Å². The second kappa shape index (κ2) is 5.52. The monoisotopic (exact) mass is 319 g/mol. The van der Waals surface area contributed by atoms with E-state index >= 15 is 0 Å². The van der Waals surface area contributed by atoms with Gasteiger partial charge in [-0.1, -0.05) is 36.4 Å². The lowest BCUT2D eigenvalue weighted by atomic mass is 10.1. The second-order valence-corrected chi connectivity index (χ2v) is 7.25. The molecule has 0 aliphatic carbocycles. The first-order valence-electron chi connectivity index (χ1n) is 7.41. The molecule has 0 spiro atoms. The minimum Gasteiger partial charge on any atom is -0.465 e. The molecule has 0 fully saturated rings. The van der Waals surface area contributed by atoms with E-state index in [1.54, 1.807) is 0 Å². The van der Waals surface area contributed by atoms with Crippen molar-refractivity contribution >= 4 is 36.6 Å². The minimum absolute atomic E-state index is 0.177. The molecule has 4 rings (SSSR count). The van der Waals surface area contributed by atoms with E-state index in [1.165, 1.54) is 21.4 Å². The Hall–Kier alpha value is -2.65. The Labute approximate surface area is 136 Å². The van der Waals surface area contributed by atoms with Gasteiger partial charge in [0.2, 0.25) is 0 Å². The minimum atomic E-state index is -0.282. The van der Waals surface area contributed by atoms with Gasteiger partial charge in [-0.05, 0) is 36.4 Å². The number of hydrogen-bond donors (Lipinski definition) is 0. The second-order valence-electron chi connectivity index (χ2n) is 5.29. The molecule has 3 aromatic carbocycles. The molecule has 3 heteroatoms. The number of methoxy groups -OCH3 is 1. The van der Waals surface area contributed by atoms with Gasteiger partial charge in [0.1, 0.15) is 0 Å². The first-order chi connectivity index (χ1) is 11.3. The molecule has 1 aromatic heterocycles. The fourth-order valence-electron chi connectivity index (χ4n) is 3.04. The summed E-state index contributed by atoms with van der Waals surface area (Å²) >= 11 is 0. The number of fused-ring (bicyclic) bond motifs is 3. The molecule has 0 amide bonds. The zero-order valence-electron chi connectivity index (χ0n) is 12.7. The highest BCUT2D eigenvalue weighted by Crippen LogP contribution is 2.49. The van der Waals surface area contributed by atoms with Crippen LogP contribution in [0.15, 0.2) is 72.8 Å². The van der Waals surface area contributed by atoms with E-state index in [9.17, 15) is 4.79 Å². The maximum atomic E-state index is 12.2. The summed E-state index contributed by atoms with van der Waals surface area (Å²) in [6.07, 6.45) is 0. The van der Waals surface area contributed by atoms with Crippen LogP contribution >= 0.6 is 10.5 Å². The molecule has 112 valence electrons. The van der Waals surface area contributed by atoms with Crippen LogP contribution in [0.2, 0.25) is 0 Å². The summed E-state index contributed by atoms with van der Waals surface area (Å²) in [5, 5.41) is 2.15. The first kappa shape index (κ1) is 14.0. The average molecular weight is 319 g/mol. The van der Waals surface area contributed by atoms with Gasteiger partial charge in [0.25, 0.3) is 0 Å². The zero-order chi connectivity index (χ0) is 15.8. The molecule has 1 atom stereocenters. The molecular formula is C20H15O2S+. The molecular weight excluding hydrogens is 304 g/mol. The molecule has 2 nitrogen and oxygen atoms in total. The molecule has 0 aliphatic heterocycles. The van der Waals surface area contributed by atoms with Crippen molar-refractivity contribution in [3.05, 3.63) is 78.4 Å². The molecule has 1 heterocycles. The summed E-state index contributed by atoms with van der Waals surface area (Å²) in [7, 11) is 1.25. The van der Waals surface area contributed by atoms with Crippen molar-refractivity contribution in [3.8, 4) is 4.90 Å². The summed E-state index contributed by atoms with van der Waals surface area (Å²) in [6, 6.07) is 24.7. The van der Waals surface area contributed by atoms with Gasteiger partial charge in [-0.2, -0.15) is 0 Å². The largest absolute Gasteiger partial charge is 0.465 e. The van der Waals surface area contributed by atoms with E-state index in [1.807, 2.05) is 24.3 Å². The van der Waals surface area contributed by atoms with Crippen molar-refractivity contribution in [2.75, 3.05) is 7.11 Å². The summed E-state index contributed by atoms with van der Waals surface area (Å²) in [6.45, 7) is 0. The fourth-order valence-corrected chi connectivity index (χ4v) is 5.46. The van der Waals surface area contributed by atoms with E-state index in [-0.39, 0.29) is 16.4 Å². The molecule has 0 bridgehead atoms. The maximum Gasteiger partial charge on any atom is 0.338 e. The van der Waals surface area contributed by atoms with Gasteiger partial charge in [0, 0.05) is 15.9 Å². The van der Waals surface area contributed by atoms with Crippen LogP contribution in [-0.2, 0) is 4.74 Å². The number of thiophene rings is 1. The lowest BCUT2D eigenvalue weighted by Gasteiger charge is -1.99. The number of carbonyl (C=O) groups is 1. The van der Waals surface area contributed by atoms with Crippen LogP contribution in [0.3, 0.4) is 0 Å². The van der Waals surface area contributed by atoms with Gasteiger partial charge in [-0.3, -0.25) is 0 Å². The van der Waals surface area contributed by atoms with Crippen LogP contribution in [0.5, 0.6) is 0 Å². The Kier molecular flexibility index (Phi) is 3.36. The highest BCUT2D eigenvalue weighted by Gasteiger charge is 2.26. The van der Waals surface area contributed by atoms with E-state index in [2.05, 4.69) is 48.5 Å². The van der Waals surface area contributed by atoms with E-state index in [4.69, 9.17) is 4.74 Å². The van der Waals surface area contributed by atoms with E-state index < -0.39 is 0 Å². The van der Waals surface area contributed by atoms with Crippen LogP contribution in [-0.4, -0.2) is 13.1 Å². The highest BCUT2D eigenvalue weighted by molar-refractivity contribution is 7.50. The summed E-state index contributed by atoms with van der Waals surface area (Å²) < 4.78 is 7.44. The SMILES string of the molecule is COC(=O)c1cccc2c1c1ccccc1[s+]2-c1ccccc1. The highest BCUT2D eigenvalue weighted by atomic mass is 32.2.